The van der Waals surface area contributed by atoms with Crippen LogP contribution in [0.1, 0.15) is 6.92 Å². The van der Waals surface area contributed by atoms with Crippen LogP contribution in [0.2, 0.25) is 0 Å². The Kier molecular flexibility index (Phi) is 3.87. The van der Waals surface area contributed by atoms with Crippen molar-refractivity contribution in [1.82, 2.24) is 0 Å². The zero-order valence-corrected chi connectivity index (χ0v) is 11.7. The highest BCUT2D eigenvalue weighted by Gasteiger charge is 2.14. The quantitative estimate of drug-likeness (QED) is 0.814. The smallest absolute Gasteiger partial charge is 0.346 e. The lowest BCUT2D eigenvalue weighted by atomic mass is 10.1. The first-order valence-electron chi connectivity index (χ1n) is 5.54. The zero-order chi connectivity index (χ0) is 13.1. The summed E-state index contributed by atoms with van der Waals surface area (Å²) in [7, 11) is 1.35. The van der Waals surface area contributed by atoms with Gasteiger partial charge in [-0.25, -0.2) is 4.79 Å². The topological polar surface area (TPSA) is 35.5 Å². The Morgan fingerprint density at radius 2 is 1.83 bits per heavy atom. The molecule has 0 aromatic heterocycles. The van der Waals surface area contributed by atoms with E-state index < -0.39 is 6.10 Å². The number of hydrogen-bond donors (Lipinski definition) is 0. The largest absolute Gasteiger partial charge is 0.479 e. The van der Waals surface area contributed by atoms with E-state index in [0.29, 0.717) is 5.75 Å². The molecule has 0 saturated heterocycles. The predicted molar refractivity (Wildman–Crippen MR) is 73.8 cm³/mol. The van der Waals surface area contributed by atoms with Crippen molar-refractivity contribution in [3.05, 3.63) is 40.9 Å². The molecule has 4 heteroatoms. The molecule has 0 saturated carbocycles. The van der Waals surface area contributed by atoms with Gasteiger partial charge in [-0.2, -0.15) is 0 Å². The number of rotatable bonds is 3. The highest BCUT2D eigenvalue weighted by Crippen LogP contribution is 2.24. The minimum Gasteiger partial charge on any atom is -0.479 e. The Morgan fingerprint density at radius 1 is 1.17 bits per heavy atom. The van der Waals surface area contributed by atoms with Gasteiger partial charge in [0.05, 0.1) is 7.11 Å². The van der Waals surface area contributed by atoms with Gasteiger partial charge in [0, 0.05) is 4.47 Å². The Balaban J connectivity index is 2.25. The number of fused-ring (bicyclic) bond motifs is 1. The van der Waals surface area contributed by atoms with Gasteiger partial charge in [0.25, 0.3) is 0 Å². The van der Waals surface area contributed by atoms with Gasteiger partial charge >= 0.3 is 5.97 Å². The molecule has 0 fully saturated rings. The number of halogens is 1. The van der Waals surface area contributed by atoms with E-state index in [1.165, 1.54) is 7.11 Å². The van der Waals surface area contributed by atoms with E-state index in [1.807, 2.05) is 36.4 Å². The molecule has 2 aromatic rings. The first-order chi connectivity index (χ1) is 8.60. The number of carbonyl (C=O) groups excluding carboxylic acids is 1. The normalized spacial score (nSPS) is 12.2. The van der Waals surface area contributed by atoms with E-state index in [-0.39, 0.29) is 5.97 Å². The summed E-state index contributed by atoms with van der Waals surface area (Å²) in [5, 5.41) is 2.18. The van der Waals surface area contributed by atoms with Crippen LogP contribution in [0.5, 0.6) is 5.75 Å². The minimum atomic E-state index is -0.608. The fourth-order valence-corrected chi connectivity index (χ4v) is 2.06. The second-order valence-electron chi connectivity index (χ2n) is 3.94. The van der Waals surface area contributed by atoms with E-state index in [9.17, 15) is 4.79 Å². The average Bonchev–Trinajstić information content (AvgIpc) is 2.38. The molecule has 0 aliphatic rings. The van der Waals surface area contributed by atoms with Crippen molar-refractivity contribution in [2.75, 3.05) is 7.11 Å². The summed E-state index contributed by atoms with van der Waals surface area (Å²) in [4.78, 5) is 11.3. The molecule has 94 valence electrons. The Bertz CT molecular complexity index is 580. The number of esters is 1. The van der Waals surface area contributed by atoms with Gasteiger partial charge in [-0.3, -0.25) is 0 Å². The third-order valence-electron chi connectivity index (χ3n) is 2.62. The molecule has 2 rings (SSSR count). The molecule has 0 amide bonds. The van der Waals surface area contributed by atoms with E-state index in [2.05, 4.69) is 20.7 Å². The van der Waals surface area contributed by atoms with Crippen LogP contribution in [0.15, 0.2) is 40.9 Å². The van der Waals surface area contributed by atoms with Crippen LogP contribution in [-0.4, -0.2) is 19.2 Å². The molecular formula is C14H13BrO3. The van der Waals surface area contributed by atoms with Gasteiger partial charge in [-0.1, -0.05) is 28.1 Å². The molecule has 0 aliphatic carbocycles. The Labute approximate surface area is 114 Å². The summed E-state index contributed by atoms with van der Waals surface area (Å²) in [5.41, 5.74) is 0. The van der Waals surface area contributed by atoms with Crippen LogP contribution in [0, 0.1) is 0 Å². The second-order valence-corrected chi connectivity index (χ2v) is 4.85. The molecule has 18 heavy (non-hydrogen) atoms. The molecule has 1 atom stereocenters. The SMILES string of the molecule is COC(=O)C(C)Oc1ccc2cc(Br)ccc2c1. The first kappa shape index (κ1) is 12.9. The molecule has 1 unspecified atom stereocenters. The maximum atomic E-state index is 11.3. The lowest BCUT2D eigenvalue weighted by Gasteiger charge is -2.12. The maximum absolute atomic E-state index is 11.3. The third-order valence-corrected chi connectivity index (χ3v) is 3.11. The molecule has 0 heterocycles. The van der Waals surface area contributed by atoms with Crippen molar-refractivity contribution in [2.45, 2.75) is 13.0 Å². The van der Waals surface area contributed by atoms with Crippen molar-refractivity contribution < 1.29 is 14.3 Å². The van der Waals surface area contributed by atoms with Crippen molar-refractivity contribution in [3.63, 3.8) is 0 Å². The summed E-state index contributed by atoms with van der Waals surface area (Å²) in [6.45, 7) is 1.66. The summed E-state index contributed by atoms with van der Waals surface area (Å²) >= 11 is 3.43. The zero-order valence-electron chi connectivity index (χ0n) is 10.1. The summed E-state index contributed by atoms with van der Waals surface area (Å²) in [6.07, 6.45) is -0.608. The standard InChI is InChI=1S/C14H13BrO3/c1-9(14(16)17-2)18-13-6-4-10-7-12(15)5-3-11(10)8-13/h3-9H,1-2H3. The Morgan fingerprint density at radius 3 is 2.56 bits per heavy atom. The van der Waals surface area contributed by atoms with Crippen LogP contribution in [-0.2, 0) is 9.53 Å². The molecule has 0 aliphatic heterocycles. The van der Waals surface area contributed by atoms with Crippen LogP contribution in [0.4, 0.5) is 0 Å². The van der Waals surface area contributed by atoms with E-state index in [1.54, 1.807) is 6.92 Å². The van der Waals surface area contributed by atoms with Crippen LogP contribution in [0.25, 0.3) is 10.8 Å². The van der Waals surface area contributed by atoms with E-state index >= 15 is 0 Å². The maximum Gasteiger partial charge on any atom is 0.346 e. The number of carbonyl (C=O) groups is 1. The summed E-state index contributed by atoms with van der Waals surface area (Å²) in [6, 6.07) is 11.7. The molecule has 0 radical (unpaired) electrons. The molecule has 0 bridgehead atoms. The highest BCUT2D eigenvalue weighted by atomic mass is 79.9. The second kappa shape index (κ2) is 5.40. The van der Waals surface area contributed by atoms with Gasteiger partial charge in [-0.05, 0) is 42.0 Å². The van der Waals surface area contributed by atoms with E-state index in [4.69, 9.17) is 4.74 Å². The third kappa shape index (κ3) is 2.82. The predicted octanol–water partition coefficient (Wildman–Crippen LogP) is 3.54. The van der Waals surface area contributed by atoms with Crippen molar-refractivity contribution in [2.24, 2.45) is 0 Å². The molecule has 0 spiro atoms. The lowest BCUT2D eigenvalue weighted by molar-refractivity contribution is -0.147. The molecule has 3 nitrogen and oxygen atoms in total. The van der Waals surface area contributed by atoms with Crippen LogP contribution in [0.3, 0.4) is 0 Å². The van der Waals surface area contributed by atoms with Crippen molar-refractivity contribution in [1.29, 1.82) is 0 Å². The van der Waals surface area contributed by atoms with Gasteiger partial charge in [0.2, 0.25) is 0 Å². The minimum absolute atomic E-state index is 0.383. The lowest BCUT2D eigenvalue weighted by Crippen LogP contribution is -2.24. The van der Waals surface area contributed by atoms with Crippen LogP contribution >= 0.6 is 15.9 Å². The molecule has 0 N–H and O–H groups in total. The van der Waals surface area contributed by atoms with Gasteiger partial charge in [0.15, 0.2) is 6.10 Å². The number of benzene rings is 2. The summed E-state index contributed by atoms with van der Waals surface area (Å²) in [5.74, 6) is 0.272. The summed E-state index contributed by atoms with van der Waals surface area (Å²) < 4.78 is 11.2. The van der Waals surface area contributed by atoms with Gasteiger partial charge < -0.3 is 9.47 Å². The Hall–Kier alpha value is -1.55. The fourth-order valence-electron chi connectivity index (χ4n) is 1.69. The number of ether oxygens (including phenoxy) is 2. The number of hydrogen-bond acceptors (Lipinski definition) is 3. The number of methoxy groups -OCH3 is 1. The van der Waals surface area contributed by atoms with E-state index in [0.717, 1.165) is 15.2 Å². The van der Waals surface area contributed by atoms with Gasteiger partial charge in [-0.15, -0.1) is 0 Å². The highest BCUT2D eigenvalue weighted by molar-refractivity contribution is 9.10. The monoisotopic (exact) mass is 308 g/mol. The van der Waals surface area contributed by atoms with Crippen molar-refractivity contribution in [3.8, 4) is 5.75 Å². The average molecular weight is 309 g/mol. The fraction of sp³-hybridized carbons (Fsp3) is 0.214. The first-order valence-corrected chi connectivity index (χ1v) is 6.33. The molecule has 2 aromatic carbocycles. The van der Waals surface area contributed by atoms with Crippen molar-refractivity contribution >= 4 is 32.7 Å². The van der Waals surface area contributed by atoms with Gasteiger partial charge in [0.1, 0.15) is 5.75 Å². The van der Waals surface area contributed by atoms with Crippen LogP contribution < -0.4 is 4.74 Å². The molecular weight excluding hydrogens is 296 g/mol.